The molecular weight excluding hydrogens is 887 g/mol. The van der Waals surface area contributed by atoms with E-state index in [0.717, 1.165) is 25.7 Å². The van der Waals surface area contributed by atoms with Gasteiger partial charge in [0.05, 0.1) is 45.9 Å². The highest BCUT2D eigenvalue weighted by molar-refractivity contribution is 5.92. The van der Waals surface area contributed by atoms with Gasteiger partial charge in [-0.1, -0.05) is 12.8 Å². The van der Waals surface area contributed by atoms with Gasteiger partial charge in [0, 0.05) is 72.0 Å². The first kappa shape index (κ1) is 59.8. The molecule has 1 fully saturated rings. The number of ether oxygens (including phenoxy) is 1. The van der Waals surface area contributed by atoms with E-state index in [1.54, 1.807) is 0 Å². The van der Waals surface area contributed by atoms with Crippen molar-refractivity contribution in [1.29, 1.82) is 0 Å². The number of aliphatic imine (C=N–C) groups is 4. The lowest BCUT2D eigenvalue weighted by Gasteiger charge is -2.33. The summed E-state index contributed by atoms with van der Waals surface area (Å²) in [6, 6.07) is -1.09. The average Bonchev–Trinajstić information content (AvgIpc) is 3.28. The van der Waals surface area contributed by atoms with Crippen molar-refractivity contribution in [3.63, 3.8) is 0 Å². The third-order valence-electron chi connectivity index (χ3n) is 10.4. The van der Waals surface area contributed by atoms with Gasteiger partial charge in [-0.05, 0) is 58.0 Å². The number of nitrogens with one attached hydrogen (secondary N) is 2. The van der Waals surface area contributed by atoms with Crippen LogP contribution in [0.5, 0.6) is 0 Å². The van der Waals surface area contributed by atoms with E-state index in [2.05, 4.69) is 35.5 Å². The van der Waals surface area contributed by atoms with Crippen LogP contribution in [-0.2, 0) is 33.5 Å². The quantitative estimate of drug-likeness (QED) is 0.0156. The molecule has 1 saturated heterocycles. The number of nitrogens with two attached hydrogens (primary N) is 10. The van der Waals surface area contributed by atoms with Crippen molar-refractivity contribution in [2.24, 2.45) is 77.3 Å². The highest BCUT2D eigenvalue weighted by atomic mass is 16.5. The minimum atomic E-state index is -1.09. The van der Waals surface area contributed by atoms with Gasteiger partial charge in [0.2, 0.25) is 35.4 Å². The normalized spacial score (nSPS) is 12.7. The summed E-state index contributed by atoms with van der Waals surface area (Å²) in [5, 5.41) is 5.72. The van der Waals surface area contributed by atoms with Crippen LogP contribution in [0.25, 0.3) is 0 Å². The Morgan fingerprint density at radius 1 is 0.529 bits per heavy atom. The van der Waals surface area contributed by atoms with Crippen LogP contribution in [0.3, 0.4) is 0 Å². The molecule has 0 spiro atoms. The fourth-order valence-corrected chi connectivity index (χ4v) is 6.71. The minimum absolute atomic E-state index is 0.00808. The molecule has 0 aliphatic carbocycles. The number of hydrogen-bond donors (Lipinski definition) is 12. The molecule has 1 rings (SSSR count). The minimum Gasteiger partial charge on any atom is -0.379 e. The van der Waals surface area contributed by atoms with Crippen LogP contribution in [0, 0.1) is 0 Å². The fraction of sp³-hybridized carbons (Fsp3) is 0.750. The molecule has 28 nitrogen and oxygen atoms in total. The third-order valence-corrected chi connectivity index (χ3v) is 10.4. The van der Waals surface area contributed by atoms with E-state index in [0.29, 0.717) is 58.8 Å². The molecule has 22 N–H and O–H groups in total. The zero-order valence-corrected chi connectivity index (χ0v) is 39.7. The van der Waals surface area contributed by atoms with Crippen molar-refractivity contribution < 1.29 is 33.5 Å². The van der Waals surface area contributed by atoms with E-state index in [1.807, 2.05) is 0 Å². The number of carbonyl (C=O) groups is 6. The fourth-order valence-electron chi connectivity index (χ4n) is 6.71. The van der Waals surface area contributed by atoms with Crippen molar-refractivity contribution in [2.45, 2.75) is 63.8 Å². The molecule has 28 heteroatoms. The highest BCUT2D eigenvalue weighted by Crippen LogP contribution is 2.07. The van der Waals surface area contributed by atoms with Gasteiger partial charge in [0.25, 0.3) is 0 Å². The van der Waals surface area contributed by atoms with Gasteiger partial charge in [-0.3, -0.25) is 53.6 Å². The Labute approximate surface area is 399 Å². The van der Waals surface area contributed by atoms with Gasteiger partial charge in [0.1, 0.15) is 6.04 Å². The number of guanidine groups is 4. The lowest BCUT2D eigenvalue weighted by atomic mass is 10.1. The van der Waals surface area contributed by atoms with Crippen LogP contribution in [0.2, 0.25) is 0 Å². The van der Waals surface area contributed by atoms with Crippen LogP contribution in [-0.4, -0.2) is 221 Å². The summed E-state index contributed by atoms with van der Waals surface area (Å²) >= 11 is 0. The standard InChI is InChI=1S/C40H81N21O7/c41-10-3-1-2-4-11-51-25-32(63)59(17-7-14-54-39(47)48)27-34(65)60(18-8-15-55-40(49)50)28-35(66)61(20-19-57-21-23-68-24-22-57)29-33(64)58(16-6-13-53-38(45)46)26-31(62)56-30(36(42)67)9-5-12-52-37(43)44/h30,51H,1-29,41H2,(H2,42,67)(H,56,62)(H4,43,44,52)(H4,45,46,53)(H4,47,48,54)(H4,49,50,55)/t30-/m1/s1. The van der Waals surface area contributed by atoms with Crippen molar-refractivity contribution in [2.75, 3.05) is 131 Å². The van der Waals surface area contributed by atoms with E-state index in [9.17, 15) is 28.8 Å². The topological polar surface area (TPSA) is 462 Å². The number of carbonyl (C=O) groups excluding carboxylic acids is 6. The number of unbranched alkanes of at least 4 members (excludes halogenated alkanes) is 3. The van der Waals surface area contributed by atoms with Crippen LogP contribution < -0.4 is 68.0 Å². The van der Waals surface area contributed by atoms with Gasteiger partial charge in [-0.25, -0.2) is 0 Å². The van der Waals surface area contributed by atoms with Gasteiger partial charge in [-0.15, -0.1) is 0 Å². The SMILES string of the molecule is NCCCCCCNCC(=O)N(CCCN=C(N)N)CC(=O)N(CCCN=C(N)N)CC(=O)N(CCN1CCOCC1)CC(=O)N(CCCN=C(N)N)CC(=O)N[C@H](CCCN=C(N)N)C(N)=O. The van der Waals surface area contributed by atoms with Crippen molar-refractivity contribution in [1.82, 2.24) is 35.1 Å². The predicted molar refractivity (Wildman–Crippen MR) is 261 cm³/mol. The molecule has 0 unspecified atom stereocenters. The molecular formula is C40H81N21O7. The summed E-state index contributed by atoms with van der Waals surface area (Å²) in [4.78, 5) is 105. The van der Waals surface area contributed by atoms with Crippen molar-refractivity contribution in [3.05, 3.63) is 0 Å². The van der Waals surface area contributed by atoms with Crippen molar-refractivity contribution >= 4 is 59.3 Å². The number of rotatable bonds is 37. The monoisotopic (exact) mass is 968 g/mol. The molecule has 1 heterocycles. The number of primary amides is 1. The predicted octanol–water partition coefficient (Wildman–Crippen LogP) is -7.24. The number of nitrogens with zero attached hydrogens (tertiary/aromatic N) is 9. The molecule has 68 heavy (non-hydrogen) atoms. The summed E-state index contributed by atoms with van der Waals surface area (Å²) in [6.07, 6.45) is 4.97. The molecule has 1 atom stereocenters. The van der Waals surface area contributed by atoms with Gasteiger partial charge < -0.3 is 92.3 Å². The third kappa shape index (κ3) is 29.4. The van der Waals surface area contributed by atoms with E-state index in [-0.39, 0.29) is 114 Å². The second kappa shape index (κ2) is 35.9. The Balaban J connectivity index is 3.45. The van der Waals surface area contributed by atoms with Gasteiger partial charge in [-0.2, -0.15) is 0 Å². The average molecular weight is 968 g/mol. The van der Waals surface area contributed by atoms with Crippen LogP contribution in [0.4, 0.5) is 0 Å². The van der Waals surface area contributed by atoms with Crippen molar-refractivity contribution in [3.8, 4) is 0 Å². The van der Waals surface area contributed by atoms with E-state index in [4.69, 9.17) is 62.1 Å². The Hall–Kier alpha value is -6.26. The maximum Gasteiger partial charge on any atom is 0.242 e. The number of hydrogen-bond acceptors (Lipinski definition) is 14. The summed E-state index contributed by atoms with van der Waals surface area (Å²) in [6.45, 7) is 2.73. The van der Waals surface area contributed by atoms with E-state index in [1.165, 1.54) is 19.6 Å². The zero-order chi connectivity index (χ0) is 50.7. The smallest absolute Gasteiger partial charge is 0.242 e. The number of amides is 6. The highest BCUT2D eigenvalue weighted by Gasteiger charge is 2.29. The molecule has 0 aromatic rings. The second-order valence-corrected chi connectivity index (χ2v) is 16.0. The molecule has 1 aliphatic rings. The molecule has 0 radical (unpaired) electrons. The van der Waals surface area contributed by atoms with Crippen LogP contribution in [0.15, 0.2) is 20.0 Å². The maximum atomic E-state index is 14.5. The van der Waals surface area contributed by atoms with E-state index < -0.39 is 55.2 Å². The maximum absolute atomic E-state index is 14.5. The lowest BCUT2D eigenvalue weighted by Crippen LogP contribution is -2.53. The second-order valence-electron chi connectivity index (χ2n) is 16.0. The zero-order valence-electron chi connectivity index (χ0n) is 39.7. The number of morpholine rings is 1. The Kier molecular flexibility index (Phi) is 31.5. The largest absolute Gasteiger partial charge is 0.379 e. The van der Waals surface area contributed by atoms with Gasteiger partial charge in [0.15, 0.2) is 23.8 Å². The first-order valence-electron chi connectivity index (χ1n) is 23.1. The Bertz CT molecular complexity index is 1640. The molecule has 6 amide bonds. The Morgan fingerprint density at radius 2 is 0.956 bits per heavy atom. The Morgan fingerprint density at radius 3 is 1.41 bits per heavy atom. The van der Waals surface area contributed by atoms with Crippen LogP contribution in [0.1, 0.15) is 57.8 Å². The molecule has 0 bridgehead atoms. The molecule has 0 aromatic carbocycles. The summed E-state index contributed by atoms with van der Waals surface area (Å²) in [5.41, 5.74) is 55.0. The first-order chi connectivity index (χ1) is 32.4. The molecule has 0 aromatic heterocycles. The lowest BCUT2D eigenvalue weighted by molar-refractivity contribution is -0.146. The summed E-state index contributed by atoms with van der Waals surface area (Å²) in [7, 11) is 0. The first-order valence-corrected chi connectivity index (χ1v) is 23.1. The summed E-state index contributed by atoms with van der Waals surface area (Å²) in [5.74, 6) is -4.12. The molecule has 388 valence electrons. The van der Waals surface area contributed by atoms with Crippen LogP contribution >= 0.6 is 0 Å². The van der Waals surface area contributed by atoms with E-state index >= 15 is 0 Å². The molecule has 0 saturated carbocycles. The molecule has 1 aliphatic heterocycles. The summed E-state index contributed by atoms with van der Waals surface area (Å²) < 4.78 is 5.49. The van der Waals surface area contributed by atoms with Gasteiger partial charge >= 0.3 is 0 Å².